The highest BCUT2D eigenvalue weighted by Gasteiger charge is 2.22. The van der Waals surface area contributed by atoms with Gasteiger partial charge in [-0.1, -0.05) is 18.2 Å². The van der Waals surface area contributed by atoms with Crippen molar-refractivity contribution in [1.29, 1.82) is 0 Å². The Labute approximate surface area is 124 Å². The lowest BCUT2D eigenvalue weighted by Gasteiger charge is -2.12. The molecule has 1 aliphatic rings. The standard InChI is InChI=1S/C16H21N3S/c1-11-15(12(2)19(3)18-11)9-17-8-13-10-20-16-7-5-4-6-14(13)16/h4-7,13,17H,8-10H2,1-3H3. The molecule has 0 bridgehead atoms. The van der Waals surface area contributed by atoms with Gasteiger partial charge in [-0.25, -0.2) is 0 Å². The molecule has 1 aliphatic heterocycles. The van der Waals surface area contributed by atoms with E-state index in [1.807, 2.05) is 23.5 Å². The lowest BCUT2D eigenvalue weighted by atomic mass is 10.0. The lowest BCUT2D eigenvalue weighted by Crippen LogP contribution is -2.21. The Hall–Kier alpha value is -1.26. The Morgan fingerprint density at radius 3 is 2.90 bits per heavy atom. The zero-order valence-corrected chi connectivity index (χ0v) is 13.1. The number of nitrogens with one attached hydrogen (secondary N) is 1. The predicted octanol–water partition coefficient (Wildman–Crippen LogP) is 3.02. The van der Waals surface area contributed by atoms with Crippen molar-refractivity contribution in [1.82, 2.24) is 15.1 Å². The van der Waals surface area contributed by atoms with Gasteiger partial charge in [-0.05, 0) is 25.5 Å². The van der Waals surface area contributed by atoms with Gasteiger partial charge >= 0.3 is 0 Å². The number of benzene rings is 1. The van der Waals surface area contributed by atoms with E-state index in [-0.39, 0.29) is 0 Å². The van der Waals surface area contributed by atoms with Gasteiger partial charge < -0.3 is 5.32 Å². The molecule has 106 valence electrons. The van der Waals surface area contributed by atoms with E-state index in [4.69, 9.17) is 0 Å². The first kappa shape index (κ1) is 13.7. The van der Waals surface area contributed by atoms with Crippen LogP contribution < -0.4 is 5.32 Å². The van der Waals surface area contributed by atoms with Crippen LogP contribution in [0.15, 0.2) is 29.2 Å². The Kier molecular flexibility index (Phi) is 3.85. The van der Waals surface area contributed by atoms with Crippen LogP contribution in [0.2, 0.25) is 0 Å². The number of aromatic nitrogens is 2. The Morgan fingerprint density at radius 1 is 1.35 bits per heavy atom. The highest BCUT2D eigenvalue weighted by atomic mass is 32.2. The average Bonchev–Trinajstić information content (AvgIpc) is 2.95. The minimum absolute atomic E-state index is 0.633. The summed E-state index contributed by atoms with van der Waals surface area (Å²) >= 11 is 1.98. The van der Waals surface area contributed by atoms with Crippen molar-refractivity contribution in [3.05, 3.63) is 46.8 Å². The minimum Gasteiger partial charge on any atom is -0.312 e. The van der Waals surface area contributed by atoms with Crippen molar-refractivity contribution in [2.75, 3.05) is 12.3 Å². The second-order valence-electron chi connectivity index (χ2n) is 5.45. The van der Waals surface area contributed by atoms with Crippen molar-refractivity contribution in [2.24, 2.45) is 7.05 Å². The summed E-state index contributed by atoms with van der Waals surface area (Å²) in [5.74, 6) is 1.82. The molecular formula is C16H21N3S. The Morgan fingerprint density at radius 2 is 2.15 bits per heavy atom. The van der Waals surface area contributed by atoms with Gasteiger partial charge in [0.2, 0.25) is 0 Å². The van der Waals surface area contributed by atoms with Crippen LogP contribution in [0.4, 0.5) is 0 Å². The summed E-state index contributed by atoms with van der Waals surface area (Å²) in [5.41, 5.74) is 5.24. The maximum Gasteiger partial charge on any atom is 0.0641 e. The van der Waals surface area contributed by atoms with Crippen molar-refractivity contribution in [3.63, 3.8) is 0 Å². The highest BCUT2D eigenvalue weighted by molar-refractivity contribution is 7.99. The van der Waals surface area contributed by atoms with Crippen molar-refractivity contribution in [2.45, 2.75) is 31.2 Å². The summed E-state index contributed by atoms with van der Waals surface area (Å²) in [5, 5.41) is 8.08. The number of hydrogen-bond acceptors (Lipinski definition) is 3. The van der Waals surface area contributed by atoms with Crippen LogP contribution in [0.3, 0.4) is 0 Å². The van der Waals surface area contributed by atoms with Gasteiger partial charge in [-0.2, -0.15) is 5.10 Å². The molecule has 0 aliphatic carbocycles. The molecular weight excluding hydrogens is 266 g/mol. The van der Waals surface area contributed by atoms with E-state index in [0.29, 0.717) is 5.92 Å². The molecule has 0 radical (unpaired) electrons. The maximum atomic E-state index is 4.47. The predicted molar refractivity (Wildman–Crippen MR) is 84.3 cm³/mol. The first-order valence-electron chi connectivity index (χ1n) is 7.08. The van der Waals surface area contributed by atoms with Gasteiger partial charge in [0.05, 0.1) is 5.69 Å². The summed E-state index contributed by atoms with van der Waals surface area (Å²) in [6, 6.07) is 8.77. The first-order valence-corrected chi connectivity index (χ1v) is 8.07. The van der Waals surface area contributed by atoms with Gasteiger partial charge in [-0.15, -0.1) is 11.8 Å². The molecule has 4 heteroatoms. The van der Waals surface area contributed by atoms with Gasteiger partial charge in [0.15, 0.2) is 0 Å². The third-order valence-electron chi connectivity index (χ3n) is 4.15. The SMILES string of the molecule is Cc1nn(C)c(C)c1CNCC1CSc2ccccc21. The highest BCUT2D eigenvalue weighted by Crippen LogP contribution is 2.38. The van der Waals surface area contributed by atoms with Gasteiger partial charge in [0.25, 0.3) is 0 Å². The number of aryl methyl sites for hydroxylation is 2. The third-order valence-corrected chi connectivity index (χ3v) is 5.40. The topological polar surface area (TPSA) is 29.9 Å². The molecule has 2 heterocycles. The summed E-state index contributed by atoms with van der Waals surface area (Å²) in [6.45, 7) is 6.18. The zero-order valence-electron chi connectivity index (χ0n) is 12.3. The van der Waals surface area contributed by atoms with Crippen molar-refractivity contribution in [3.8, 4) is 0 Å². The van der Waals surface area contributed by atoms with Crippen LogP contribution in [0.5, 0.6) is 0 Å². The molecule has 20 heavy (non-hydrogen) atoms. The summed E-state index contributed by atoms with van der Waals surface area (Å²) < 4.78 is 1.97. The molecule has 1 aromatic carbocycles. The summed E-state index contributed by atoms with van der Waals surface area (Å²) in [7, 11) is 2.01. The van der Waals surface area contributed by atoms with Crippen molar-refractivity contribution >= 4 is 11.8 Å². The van der Waals surface area contributed by atoms with Crippen LogP contribution in [0.1, 0.15) is 28.4 Å². The van der Waals surface area contributed by atoms with E-state index in [1.165, 1.54) is 27.5 Å². The van der Waals surface area contributed by atoms with E-state index in [2.05, 4.69) is 48.5 Å². The van der Waals surface area contributed by atoms with Crippen LogP contribution >= 0.6 is 11.8 Å². The molecule has 1 atom stereocenters. The molecule has 0 spiro atoms. The third kappa shape index (κ3) is 2.50. The van der Waals surface area contributed by atoms with Crippen LogP contribution in [-0.2, 0) is 13.6 Å². The van der Waals surface area contributed by atoms with E-state index in [9.17, 15) is 0 Å². The molecule has 1 unspecified atom stereocenters. The molecule has 2 aromatic rings. The normalized spacial score (nSPS) is 17.4. The molecule has 1 aromatic heterocycles. The number of rotatable bonds is 4. The molecule has 0 saturated heterocycles. The largest absolute Gasteiger partial charge is 0.312 e. The second-order valence-corrected chi connectivity index (χ2v) is 6.51. The lowest BCUT2D eigenvalue weighted by molar-refractivity contribution is 0.618. The quantitative estimate of drug-likeness (QED) is 0.937. The fourth-order valence-corrected chi connectivity index (χ4v) is 4.10. The van der Waals surface area contributed by atoms with Gasteiger partial charge in [0.1, 0.15) is 0 Å². The first-order chi connectivity index (χ1) is 9.66. The van der Waals surface area contributed by atoms with Crippen LogP contribution in [0, 0.1) is 13.8 Å². The Balaban J connectivity index is 1.62. The molecule has 0 saturated carbocycles. The van der Waals surface area contributed by atoms with Crippen LogP contribution in [0.25, 0.3) is 0 Å². The fourth-order valence-electron chi connectivity index (χ4n) is 2.84. The number of fused-ring (bicyclic) bond motifs is 1. The number of nitrogens with zero attached hydrogens (tertiary/aromatic N) is 2. The summed E-state index contributed by atoms with van der Waals surface area (Å²) in [6.07, 6.45) is 0. The monoisotopic (exact) mass is 287 g/mol. The second kappa shape index (κ2) is 5.62. The van der Waals surface area contributed by atoms with E-state index in [0.717, 1.165) is 18.8 Å². The summed E-state index contributed by atoms with van der Waals surface area (Å²) in [4.78, 5) is 1.45. The van der Waals surface area contributed by atoms with E-state index < -0.39 is 0 Å². The Bertz CT molecular complexity index is 618. The van der Waals surface area contributed by atoms with E-state index >= 15 is 0 Å². The molecule has 0 fully saturated rings. The fraction of sp³-hybridized carbons (Fsp3) is 0.438. The van der Waals surface area contributed by atoms with Crippen molar-refractivity contribution < 1.29 is 0 Å². The maximum absolute atomic E-state index is 4.47. The zero-order chi connectivity index (χ0) is 14.1. The molecule has 1 N–H and O–H groups in total. The molecule has 0 amide bonds. The van der Waals surface area contributed by atoms with E-state index in [1.54, 1.807) is 0 Å². The molecule has 3 nitrogen and oxygen atoms in total. The van der Waals surface area contributed by atoms with Crippen LogP contribution in [-0.4, -0.2) is 22.1 Å². The van der Waals surface area contributed by atoms with Gasteiger partial charge in [0, 0.05) is 48.0 Å². The molecule has 3 rings (SSSR count). The minimum atomic E-state index is 0.633. The smallest absolute Gasteiger partial charge is 0.0641 e. The number of thioether (sulfide) groups is 1. The van der Waals surface area contributed by atoms with Gasteiger partial charge in [-0.3, -0.25) is 4.68 Å². The average molecular weight is 287 g/mol. The number of hydrogen-bond donors (Lipinski definition) is 1.